The van der Waals surface area contributed by atoms with Crippen LogP contribution in [0.25, 0.3) is 11.4 Å². The predicted molar refractivity (Wildman–Crippen MR) is 86.5 cm³/mol. The molecule has 2 aromatic rings. The maximum absolute atomic E-state index is 9.80. The number of rotatable bonds is 6. The van der Waals surface area contributed by atoms with Crippen molar-refractivity contribution >= 4 is 0 Å². The molecule has 2 heterocycles. The normalized spacial score (nSPS) is 17.5. The maximum Gasteiger partial charge on any atom is 0.241 e. The third-order valence-electron chi connectivity index (χ3n) is 4.32. The molecule has 1 saturated carbocycles. The average Bonchev–Trinajstić information content (AvgIpc) is 3.04. The Bertz CT molecular complexity index is 594. The summed E-state index contributed by atoms with van der Waals surface area (Å²) in [6.07, 6.45) is 9.26. The second-order valence-electron chi connectivity index (χ2n) is 6.32. The summed E-state index contributed by atoms with van der Waals surface area (Å²) in [5.41, 5.74) is 0.849. The third kappa shape index (κ3) is 4.36. The van der Waals surface area contributed by atoms with Gasteiger partial charge < -0.3 is 9.63 Å². The second kappa shape index (κ2) is 7.66. The van der Waals surface area contributed by atoms with Gasteiger partial charge in [0.2, 0.25) is 11.7 Å². The minimum Gasteiger partial charge on any atom is -0.392 e. The fourth-order valence-electron chi connectivity index (χ4n) is 3.23. The van der Waals surface area contributed by atoms with Crippen LogP contribution < -0.4 is 0 Å². The largest absolute Gasteiger partial charge is 0.392 e. The van der Waals surface area contributed by atoms with E-state index in [4.69, 9.17) is 4.52 Å². The molecule has 0 radical (unpaired) electrons. The zero-order valence-electron chi connectivity index (χ0n) is 13.6. The molecule has 23 heavy (non-hydrogen) atoms. The Hall–Kier alpha value is -1.79. The summed E-state index contributed by atoms with van der Waals surface area (Å²) in [5, 5.41) is 13.8. The molecule has 1 fully saturated rings. The van der Waals surface area contributed by atoms with E-state index in [9.17, 15) is 5.11 Å². The molecule has 0 bridgehead atoms. The number of aliphatic hydroxyl groups is 1. The molecule has 6 heteroatoms. The average molecular weight is 316 g/mol. The highest BCUT2D eigenvalue weighted by Gasteiger charge is 2.24. The number of aliphatic hydroxyl groups excluding tert-OH is 1. The van der Waals surface area contributed by atoms with Crippen LogP contribution in [0.5, 0.6) is 0 Å². The zero-order valence-corrected chi connectivity index (χ0v) is 13.6. The Morgan fingerprint density at radius 1 is 1.35 bits per heavy atom. The summed E-state index contributed by atoms with van der Waals surface area (Å²) >= 11 is 0. The molecule has 0 aromatic carbocycles. The fourth-order valence-corrected chi connectivity index (χ4v) is 3.23. The van der Waals surface area contributed by atoms with Gasteiger partial charge >= 0.3 is 0 Å². The zero-order chi connectivity index (χ0) is 16.1. The van der Waals surface area contributed by atoms with E-state index in [0.717, 1.165) is 5.56 Å². The summed E-state index contributed by atoms with van der Waals surface area (Å²) in [4.78, 5) is 10.8. The topological polar surface area (TPSA) is 75.3 Å². The number of aromatic nitrogens is 3. The van der Waals surface area contributed by atoms with Crippen molar-refractivity contribution in [1.82, 2.24) is 20.0 Å². The van der Waals surface area contributed by atoms with Gasteiger partial charge in [-0.15, -0.1) is 0 Å². The molecule has 3 rings (SSSR count). The summed E-state index contributed by atoms with van der Waals surface area (Å²) < 4.78 is 5.41. The molecule has 6 nitrogen and oxygen atoms in total. The van der Waals surface area contributed by atoms with E-state index in [1.54, 1.807) is 12.4 Å². The molecule has 124 valence electrons. The lowest BCUT2D eigenvalue weighted by atomic mass is 9.94. The first-order valence-electron chi connectivity index (χ1n) is 8.37. The number of hydrogen-bond acceptors (Lipinski definition) is 6. The highest BCUT2D eigenvalue weighted by molar-refractivity contribution is 5.51. The molecule has 1 N–H and O–H groups in total. The van der Waals surface area contributed by atoms with E-state index in [-0.39, 0.29) is 6.10 Å². The molecule has 2 aromatic heterocycles. The van der Waals surface area contributed by atoms with Crippen LogP contribution in [0, 0.1) is 0 Å². The molecule has 1 aliphatic carbocycles. The van der Waals surface area contributed by atoms with Gasteiger partial charge in [-0.1, -0.05) is 24.4 Å². The van der Waals surface area contributed by atoms with Gasteiger partial charge in [-0.2, -0.15) is 4.98 Å². The standard InChI is InChI=1S/C17H24N4O2/c1-13(22)11-21(15-7-3-2-4-8-15)12-16-19-17(20-23-16)14-6-5-9-18-10-14/h5-6,9-10,13,15,22H,2-4,7-8,11-12H2,1H3. The van der Waals surface area contributed by atoms with Crippen LogP contribution in [0.1, 0.15) is 44.9 Å². The highest BCUT2D eigenvalue weighted by atomic mass is 16.5. The van der Waals surface area contributed by atoms with Crippen molar-refractivity contribution in [1.29, 1.82) is 0 Å². The quantitative estimate of drug-likeness (QED) is 0.883. The molecule has 0 spiro atoms. The molecular weight excluding hydrogens is 292 g/mol. The Morgan fingerprint density at radius 3 is 2.87 bits per heavy atom. The SMILES string of the molecule is CC(O)CN(Cc1nc(-c2cccnc2)no1)C1CCCCC1. The minimum atomic E-state index is -0.363. The van der Waals surface area contributed by atoms with Crippen LogP contribution in [0.15, 0.2) is 29.0 Å². The first kappa shape index (κ1) is 16.1. The van der Waals surface area contributed by atoms with Gasteiger partial charge in [0.25, 0.3) is 0 Å². The van der Waals surface area contributed by atoms with Gasteiger partial charge in [0.1, 0.15) is 0 Å². The van der Waals surface area contributed by atoms with E-state index in [2.05, 4.69) is 20.0 Å². The van der Waals surface area contributed by atoms with Crippen molar-refractivity contribution in [3.8, 4) is 11.4 Å². The smallest absolute Gasteiger partial charge is 0.241 e. The Labute approximate surface area is 136 Å². The van der Waals surface area contributed by atoms with Crippen LogP contribution >= 0.6 is 0 Å². The Morgan fingerprint density at radius 2 is 2.17 bits per heavy atom. The Balaban J connectivity index is 1.70. The number of hydrogen-bond donors (Lipinski definition) is 1. The first-order chi connectivity index (χ1) is 11.2. The van der Waals surface area contributed by atoms with Crippen LogP contribution in [0.3, 0.4) is 0 Å². The third-order valence-corrected chi connectivity index (χ3v) is 4.32. The van der Waals surface area contributed by atoms with Crippen molar-refractivity contribution in [3.05, 3.63) is 30.4 Å². The summed E-state index contributed by atoms with van der Waals surface area (Å²) in [7, 11) is 0. The van der Waals surface area contributed by atoms with E-state index >= 15 is 0 Å². The first-order valence-corrected chi connectivity index (χ1v) is 8.37. The lowest BCUT2D eigenvalue weighted by Crippen LogP contribution is -2.40. The number of nitrogens with zero attached hydrogens (tertiary/aromatic N) is 4. The molecule has 0 amide bonds. The van der Waals surface area contributed by atoms with Crippen molar-refractivity contribution in [2.75, 3.05) is 6.54 Å². The van der Waals surface area contributed by atoms with E-state index in [1.807, 2.05) is 19.1 Å². The minimum absolute atomic E-state index is 0.363. The van der Waals surface area contributed by atoms with Crippen molar-refractivity contribution in [2.45, 2.75) is 57.7 Å². The molecule has 1 unspecified atom stereocenters. The van der Waals surface area contributed by atoms with Crippen LogP contribution in [-0.2, 0) is 6.54 Å². The second-order valence-corrected chi connectivity index (χ2v) is 6.32. The fraction of sp³-hybridized carbons (Fsp3) is 0.588. The van der Waals surface area contributed by atoms with Gasteiger partial charge in [-0.3, -0.25) is 9.88 Å². The summed E-state index contributed by atoms with van der Waals surface area (Å²) in [5.74, 6) is 1.16. The summed E-state index contributed by atoms with van der Waals surface area (Å²) in [6, 6.07) is 4.26. The van der Waals surface area contributed by atoms with Gasteiger partial charge in [0, 0.05) is 30.5 Å². The van der Waals surface area contributed by atoms with Crippen molar-refractivity contribution in [2.24, 2.45) is 0 Å². The Kier molecular flexibility index (Phi) is 5.35. The van der Waals surface area contributed by atoms with E-state index in [0.29, 0.717) is 30.8 Å². The van der Waals surface area contributed by atoms with Gasteiger partial charge in [-0.05, 0) is 31.9 Å². The lowest BCUT2D eigenvalue weighted by molar-refractivity contribution is 0.0689. The molecule has 0 aliphatic heterocycles. The molecule has 1 atom stereocenters. The van der Waals surface area contributed by atoms with Crippen molar-refractivity contribution < 1.29 is 9.63 Å². The van der Waals surface area contributed by atoms with Crippen LogP contribution in [0.2, 0.25) is 0 Å². The van der Waals surface area contributed by atoms with E-state index in [1.165, 1.54) is 32.1 Å². The highest BCUT2D eigenvalue weighted by Crippen LogP contribution is 2.24. The van der Waals surface area contributed by atoms with Gasteiger partial charge in [-0.25, -0.2) is 0 Å². The lowest BCUT2D eigenvalue weighted by Gasteiger charge is -2.34. The molecular formula is C17H24N4O2. The molecule has 1 aliphatic rings. The summed E-state index contributed by atoms with van der Waals surface area (Å²) in [6.45, 7) is 3.04. The van der Waals surface area contributed by atoms with Gasteiger partial charge in [0.15, 0.2) is 0 Å². The van der Waals surface area contributed by atoms with E-state index < -0.39 is 0 Å². The van der Waals surface area contributed by atoms with Crippen LogP contribution in [-0.4, -0.2) is 43.8 Å². The molecule has 0 saturated heterocycles. The monoisotopic (exact) mass is 316 g/mol. The van der Waals surface area contributed by atoms with Crippen molar-refractivity contribution in [3.63, 3.8) is 0 Å². The predicted octanol–water partition coefficient (Wildman–Crippen LogP) is 2.65. The van der Waals surface area contributed by atoms with Crippen LogP contribution in [0.4, 0.5) is 0 Å². The van der Waals surface area contributed by atoms with Gasteiger partial charge in [0.05, 0.1) is 12.6 Å². The maximum atomic E-state index is 9.80. The number of pyridine rings is 1.